The summed E-state index contributed by atoms with van der Waals surface area (Å²) >= 11 is 2.89. The van der Waals surface area contributed by atoms with Crippen LogP contribution in [0.1, 0.15) is 34.8 Å². The Morgan fingerprint density at radius 3 is 2.39 bits per heavy atom. The minimum absolute atomic E-state index is 0.0767. The second-order valence-corrected chi connectivity index (χ2v) is 8.28. The zero-order chi connectivity index (χ0) is 19.9. The summed E-state index contributed by atoms with van der Waals surface area (Å²) in [5.74, 6) is 0.492. The van der Waals surface area contributed by atoms with E-state index in [1.165, 1.54) is 11.3 Å². The molecule has 0 saturated heterocycles. The van der Waals surface area contributed by atoms with Crippen LogP contribution in [0, 0.1) is 6.92 Å². The Morgan fingerprint density at radius 2 is 1.71 bits per heavy atom. The van der Waals surface area contributed by atoms with Crippen LogP contribution in [0.5, 0.6) is 0 Å². The van der Waals surface area contributed by atoms with Crippen LogP contribution >= 0.6 is 23.1 Å². The molecule has 0 unspecified atom stereocenters. The van der Waals surface area contributed by atoms with Crippen molar-refractivity contribution < 1.29 is 9.59 Å². The molecule has 8 heteroatoms. The standard InChI is InChI=1S/C20H20N4O2S2/c1-3-17(25)22-19-23-24-20(28-19)27-12-14-6-8-15(9-7-14)18(26)21-16-10-4-13(2)5-11-16/h4-11H,3,12H2,1-2H3,(H,21,26)(H,22,23,25). The van der Waals surface area contributed by atoms with Crippen LogP contribution in [0.25, 0.3) is 0 Å². The number of aryl methyl sites for hydroxylation is 1. The highest BCUT2D eigenvalue weighted by Gasteiger charge is 2.09. The largest absolute Gasteiger partial charge is 0.322 e. The van der Waals surface area contributed by atoms with Crippen molar-refractivity contribution in [3.63, 3.8) is 0 Å². The van der Waals surface area contributed by atoms with E-state index in [0.29, 0.717) is 22.9 Å². The van der Waals surface area contributed by atoms with Crippen molar-refractivity contribution in [2.24, 2.45) is 0 Å². The molecule has 1 heterocycles. The fraction of sp³-hybridized carbons (Fsp3) is 0.200. The SMILES string of the molecule is CCC(=O)Nc1nnc(SCc2ccc(C(=O)Nc3ccc(C)cc3)cc2)s1. The molecule has 0 saturated carbocycles. The number of nitrogens with zero attached hydrogens (tertiary/aromatic N) is 2. The van der Waals surface area contributed by atoms with Gasteiger partial charge in [-0.25, -0.2) is 0 Å². The van der Waals surface area contributed by atoms with E-state index in [4.69, 9.17) is 0 Å². The third kappa shape index (κ3) is 5.64. The van der Waals surface area contributed by atoms with Gasteiger partial charge in [-0.3, -0.25) is 9.59 Å². The van der Waals surface area contributed by atoms with E-state index >= 15 is 0 Å². The highest BCUT2D eigenvalue weighted by Crippen LogP contribution is 2.28. The Kier molecular flexibility index (Phi) is 6.78. The molecule has 0 aliphatic heterocycles. The molecule has 0 spiro atoms. The summed E-state index contributed by atoms with van der Waals surface area (Å²) in [6.07, 6.45) is 0.409. The maximum absolute atomic E-state index is 12.3. The van der Waals surface area contributed by atoms with Gasteiger partial charge >= 0.3 is 0 Å². The molecule has 1 aromatic heterocycles. The first-order valence-corrected chi connectivity index (χ1v) is 10.6. The number of hydrogen-bond donors (Lipinski definition) is 2. The van der Waals surface area contributed by atoms with Crippen LogP contribution in [0.15, 0.2) is 52.9 Å². The highest BCUT2D eigenvalue weighted by atomic mass is 32.2. The number of hydrogen-bond acceptors (Lipinski definition) is 6. The summed E-state index contributed by atoms with van der Waals surface area (Å²) < 4.78 is 0.785. The van der Waals surface area contributed by atoms with Crippen molar-refractivity contribution in [1.82, 2.24) is 10.2 Å². The first kappa shape index (κ1) is 20.0. The Labute approximate surface area is 171 Å². The van der Waals surface area contributed by atoms with Gasteiger partial charge in [-0.15, -0.1) is 10.2 Å². The predicted molar refractivity (Wildman–Crippen MR) is 114 cm³/mol. The third-order valence-corrected chi connectivity index (χ3v) is 5.90. The molecule has 3 aromatic rings. The molecule has 0 aliphatic carbocycles. The van der Waals surface area contributed by atoms with Crippen molar-refractivity contribution in [2.75, 3.05) is 10.6 Å². The lowest BCUT2D eigenvalue weighted by Crippen LogP contribution is -2.11. The van der Waals surface area contributed by atoms with Gasteiger partial charge in [0.1, 0.15) is 0 Å². The van der Waals surface area contributed by atoms with E-state index in [9.17, 15) is 9.59 Å². The zero-order valence-electron chi connectivity index (χ0n) is 15.6. The quantitative estimate of drug-likeness (QED) is 0.433. The first-order chi connectivity index (χ1) is 13.5. The number of aromatic nitrogens is 2. The number of anilines is 2. The maximum atomic E-state index is 12.3. The van der Waals surface area contributed by atoms with Crippen LogP contribution in [-0.2, 0) is 10.5 Å². The topological polar surface area (TPSA) is 84.0 Å². The number of nitrogens with one attached hydrogen (secondary N) is 2. The third-order valence-electron chi connectivity index (χ3n) is 3.86. The summed E-state index contributed by atoms with van der Waals surface area (Å²) in [6, 6.07) is 15.2. The Morgan fingerprint density at radius 1 is 1.00 bits per heavy atom. The summed E-state index contributed by atoms with van der Waals surface area (Å²) in [6.45, 7) is 3.79. The Bertz CT molecular complexity index is 953. The van der Waals surface area contributed by atoms with E-state index in [2.05, 4.69) is 20.8 Å². The number of rotatable bonds is 7. The first-order valence-electron chi connectivity index (χ1n) is 8.76. The molecule has 0 aliphatic rings. The van der Waals surface area contributed by atoms with Gasteiger partial charge in [0.25, 0.3) is 5.91 Å². The molecule has 2 aromatic carbocycles. The summed E-state index contributed by atoms with van der Waals surface area (Å²) in [5.41, 5.74) is 3.61. The molecule has 6 nitrogen and oxygen atoms in total. The average Bonchev–Trinajstić information content (AvgIpc) is 3.15. The zero-order valence-corrected chi connectivity index (χ0v) is 17.2. The maximum Gasteiger partial charge on any atom is 0.255 e. The molecular weight excluding hydrogens is 392 g/mol. The molecule has 0 bridgehead atoms. The van der Waals surface area contributed by atoms with Crippen molar-refractivity contribution in [2.45, 2.75) is 30.4 Å². The van der Waals surface area contributed by atoms with Crippen molar-refractivity contribution >= 4 is 45.7 Å². The van der Waals surface area contributed by atoms with E-state index in [1.54, 1.807) is 18.7 Å². The molecule has 0 atom stereocenters. The normalized spacial score (nSPS) is 10.5. The molecule has 0 radical (unpaired) electrons. The molecule has 28 heavy (non-hydrogen) atoms. The lowest BCUT2D eigenvalue weighted by Gasteiger charge is -2.06. The number of thioether (sulfide) groups is 1. The van der Waals surface area contributed by atoms with Gasteiger partial charge in [0.2, 0.25) is 11.0 Å². The van der Waals surface area contributed by atoms with Crippen LogP contribution in [0.3, 0.4) is 0 Å². The van der Waals surface area contributed by atoms with Crippen LogP contribution in [0.4, 0.5) is 10.8 Å². The second-order valence-electron chi connectivity index (χ2n) is 6.08. The summed E-state index contributed by atoms with van der Waals surface area (Å²) in [7, 11) is 0. The minimum Gasteiger partial charge on any atom is -0.322 e. The van der Waals surface area contributed by atoms with Gasteiger partial charge < -0.3 is 10.6 Å². The van der Waals surface area contributed by atoms with E-state index in [-0.39, 0.29) is 11.8 Å². The van der Waals surface area contributed by atoms with Crippen LogP contribution in [-0.4, -0.2) is 22.0 Å². The molecule has 2 amide bonds. The molecule has 144 valence electrons. The second kappa shape index (κ2) is 9.48. The Balaban J connectivity index is 1.53. The molecule has 2 N–H and O–H groups in total. The monoisotopic (exact) mass is 412 g/mol. The fourth-order valence-corrected chi connectivity index (χ4v) is 3.99. The van der Waals surface area contributed by atoms with Gasteiger partial charge in [-0.1, -0.05) is 59.9 Å². The lowest BCUT2D eigenvalue weighted by atomic mass is 10.1. The van der Waals surface area contributed by atoms with E-state index < -0.39 is 0 Å². The Hall–Kier alpha value is -2.71. The highest BCUT2D eigenvalue weighted by molar-refractivity contribution is 8.00. The number of carbonyl (C=O) groups excluding carboxylic acids is 2. The molecule has 0 fully saturated rings. The van der Waals surface area contributed by atoms with Crippen molar-refractivity contribution in [1.29, 1.82) is 0 Å². The van der Waals surface area contributed by atoms with Gasteiger partial charge in [0.15, 0.2) is 4.34 Å². The molecular formula is C20H20N4O2S2. The number of benzene rings is 2. The average molecular weight is 413 g/mol. The van der Waals surface area contributed by atoms with Crippen LogP contribution < -0.4 is 10.6 Å². The molecule has 3 rings (SSSR count). The van der Waals surface area contributed by atoms with Gasteiger partial charge in [-0.05, 0) is 36.8 Å². The van der Waals surface area contributed by atoms with Gasteiger partial charge in [0, 0.05) is 23.4 Å². The lowest BCUT2D eigenvalue weighted by molar-refractivity contribution is -0.115. The minimum atomic E-state index is -0.136. The smallest absolute Gasteiger partial charge is 0.255 e. The number of carbonyl (C=O) groups is 2. The van der Waals surface area contributed by atoms with Crippen molar-refractivity contribution in [3.8, 4) is 0 Å². The number of amides is 2. The summed E-state index contributed by atoms with van der Waals surface area (Å²) in [4.78, 5) is 23.7. The van der Waals surface area contributed by atoms with Gasteiger partial charge in [-0.2, -0.15) is 0 Å². The predicted octanol–water partition coefficient (Wildman–Crippen LogP) is 4.74. The fourth-order valence-electron chi connectivity index (χ4n) is 2.26. The van der Waals surface area contributed by atoms with Crippen LogP contribution in [0.2, 0.25) is 0 Å². The van der Waals surface area contributed by atoms with E-state index in [0.717, 1.165) is 21.2 Å². The van der Waals surface area contributed by atoms with E-state index in [1.807, 2.05) is 55.5 Å². The van der Waals surface area contributed by atoms with Crippen molar-refractivity contribution in [3.05, 3.63) is 65.2 Å². The van der Waals surface area contributed by atoms with Gasteiger partial charge in [0.05, 0.1) is 0 Å². The summed E-state index contributed by atoms with van der Waals surface area (Å²) in [5, 5.41) is 14.1.